The van der Waals surface area contributed by atoms with Crippen LogP contribution in [0.15, 0.2) is 12.5 Å². The molecule has 0 saturated carbocycles. The fraction of sp³-hybridized carbons (Fsp3) is 0.692. The number of amides is 1. The molecule has 0 aromatic carbocycles. The highest BCUT2D eigenvalue weighted by molar-refractivity contribution is 5.92. The Morgan fingerprint density at radius 2 is 2.05 bits per heavy atom. The molecule has 6 nitrogen and oxygen atoms in total. The number of nitrogens with two attached hydrogens (primary N) is 1. The lowest BCUT2D eigenvalue weighted by Crippen LogP contribution is -2.50. The average molecular weight is 265 g/mol. The third-order valence-corrected chi connectivity index (χ3v) is 3.57. The molecule has 0 bridgehead atoms. The Morgan fingerprint density at radius 1 is 1.37 bits per heavy atom. The van der Waals surface area contributed by atoms with Crippen LogP contribution in [0.5, 0.6) is 0 Å². The van der Waals surface area contributed by atoms with E-state index < -0.39 is 0 Å². The second-order valence-corrected chi connectivity index (χ2v) is 5.21. The van der Waals surface area contributed by atoms with Gasteiger partial charge in [-0.25, -0.2) is 4.98 Å². The zero-order valence-corrected chi connectivity index (χ0v) is 11.7. The molecule has 0 atom stereocenters. The lowest BCUT2D eigenvalue weighted by Gasteiger charge is -2.36. The van der Waals surface area contributed by atoms with Crippen molar-refractivity contribution < 1.29 is 4.79 Å². The predicted octanol–water partition coefficient (Wildman–Crippen LogP) is 0.00800. The lowest BCUT2D eigenvalue weighted by molar-refractivity contribution is 0.0590. The quantitative estimate of drug-likeness (QED) is 0.832. The van der Waals surface area contributed by atoms with Crippen LogP contribution in [0.3, 0.4) is 0 Å². The minimum Gasteiger partial charge on any atom is -0.335 e. The molecule has 19 heavy (non-hydrogen) atoms. The minimum absolute atomic E-state index is 0.0270. The van der Waals surface area contributed by atoms with Crippen molar-refractivity contribution in [3.05, 3.63) is 18.2 Å². The summed E-state index contributed by atoms with van der Waals surface area (Å²) in [4.78, 5) is 20.7. The standard InChI is InChI=1S/C13H23N5O/c1-11(2)17-5-7-18(8-6-17)13(19)12-9-16(4-3-14)10-15-12/h9-11H,3-8,14H2,1-2H3. The van der Waals surface area contributed by atoms with E-state index in [1.165, 1.54) is 0 Å². The van der Waals surface area contributed by atoms with E-state index in [1.54, 1.807) is 12.5 Å². The summed E-state index contributed by atoms with van der Waals surface area (Å²) < 4.78 is 1.86. The fourth-order valence-corrected chi connectivity index (χ4v) is 2.35. The van der Waals surface area contributed by atoms with Crippen molar-refractivity contribution in [2.45, 2.75) is 26.4 Å². The molecule has 0 unspecified atom stereocenters. The van der Waals surface area contributed by atoms with Gasteiger partial charge in [0.25, 0.3) is 5.91 Å². The molecule has 1 aliphatic rings. The third kappa shape index (κ3) is 3.33. The number of hydrogen-bond donors (Lipinski definition) is 1. The molecule has 2 heterocycles. The van der Waals surface area contributed by atoms with E-state index in [2.05, 4.69) is 23.7 Å². The van der Waals surface area contributed by atoms with E-state index in [1.807, 2.05) is 9.47 Å². The van der Waals surface area contributed by atoms with Crippen LogP contribution < -0.4 is 5.73 Å². The lowest BCUT2D eigenvalue weighted by atomic mass is 10.2. The van der Waals surface area contributed by atoms with E-state index in [0.29, 0.717) is 24.8 Å². The first-order valence-corrected chi connectivity index (χ1v) is 6.87. The van der Waals surface area contributed by atoms with E-state index in [4.69, 9.17) is 5.73 Å². The smallest absolute Gasteiger partial charge is 0.274 e. The molecular weight excluding hydrogens is 242 g/mol. The maximum absolute atomic E-state index is 12.3. The van der Waals surface area contributed by atoms with Crippen molar-refractivity contribution in [2.24, 2.45) is 5.73 Å². The number of carbonyl (C=O) groups is 1. The molecule has 1 aromatic rings. The maximum atomic E-state index is 12.3. The summed E-state index contributed by atoms with van der Waals surface area (Å²) in [6, 6.07) is 0.543. The molecule has 0 aliphatic carbocycles. The van der Waals surface area contributed by atoms with Gasteiger partial charge in [0.1, 0.15) is 5.69 Å². The molecule has 0 spiro atoms. The van der Waals surface area contributed by atoms with Crippen molar-refractivity contribution in [1.29, 1.82) is 0 Å². The molecule has 6 heteroatoms. The highest BCUT2D eigenvalue weighted by atomic mass is 16.2. The van der Waals surface area contributed by atoms with Gasteiger partial charge in [0.2, 0.25) is 0 Å². The molecule has 1 aliphatic heterocycles. The fourth-order valence-electron chi connectivity index (χ4n) is 2.35. The van der Waals surface area contributed by atoms with E-state index >= 15 is 0 Å². The molecule has 2 rings (SSSR count). The van der Waals surface area contributed by atoms with Crippen LogP contribution in [0, 0.1) is 0 Å². The monoisotopic (exact) mass is 265 g/mol. The maximum Gasteiger partial charge on any atom is 0.274 e. The van der Waals surface area contributed by atoms with Gasteiger partial charge in [-0.05, 0) is 13.8 Å². The second-order valence-electron chi connectivity index (χ2n) is 5.21. The highest BCUT2D eigenvalue weighted by Gasteiger charge is 2.24. The third-order valence-electron chi connectivity index (χ3n) is 3.57. The molecule has 1 amide bonds. The summed E-state index contributed by atoms with van der Waals surface area (Å²) in [6.07, 6.45) is 3.45. The number of carbonyl (C=O) groups excluding carboxylic acids is 1. The zero-order valence-electron chi connectivity index (χ0n) is 11.7. The normalized spacial score (nSPS) is 17.2. The van der Waals surface area contributed by atoms with Crippen LogP contribution in [-0.4, -0.2) is 64.0 Å². The Bertz CT molecular complexity index is 420. The Kier molecular flexibility index (Phi) is 4.55. The first-order valence-electron chi connectivity index (χ1n) is 6.87. The topological polar surface area (TPSA) is 67.4 Å². The van der Waals surface area contributed by atoms with Crippen molar-refractivity contribution >= 4 is 5.91 Å². The van der Waals surface area contributed by atoms with Gasteiger partial charge >= 0.3 is 0 Å². The van der Waals surface area contributed by atoms with E-state index in [0.717, 1.165) is 26.2 Å². The Morgan fingerprint density at radius 3 is 2.63 bits per heavy atom. The number of rotatable bonds is 4. The van der Waals surface area contributed by atoms with Gasteiger partial charge in [-0.2, -0.15) is 0 Å². The summed E-state index contributed by atoms with van der Waals surface area (Å²) >= 11 is 0. The van der Waals surface area contributed by atoms with Crippen LogP contribution in [0.1, 0.15) is 24.3 Å². The molecule has 1 fully saturated rings. The summed E-state index contributed by atoms with van der Waals surface area (Å²) in [6.45, 7) is 9.05. The van der Waals surface area contributed by atoms with Gasteiger partial charge in [0, 0.05) is 51.5 Å². The first-order chi connectivity index (χ1) is 9.11. The number of hydrogen-bond acceptors (Lipinski definition) is 4. The summed E-state index contributed by atoms with van der Waals surface area (Å²) in [7, 11) is 0. The summed E-state index contributed by atoms with van der Waals surface area (Å²) in [5.41, 5.74) is 6.00. The number of imidazole rings is 1. The van der Waals surface area contributed by atoms with Crippen molar-refractivity contribution in [1.82, 2.24) is 19.4 Å². The number of piperazine rings is 1. The first kappa shape index (κ1) is 14.0. The minimum atomic E-state index is 0.0270. The van der Waals surface area contributed by atoms with Gasteiger partial charge in [-0.3, -0.25) is 9.69 Å². The highest BCUT2D eigenvalue weighted by Crippen LogP contribution is 2.09. The van der Waals surface area contributed by atoms with Crippen LogP contribution in [0.25, 0.3) is 0 Å². The SMILES string of the molecule is CC(C)N1CCN(C(=O)c2cn(CCN)cn2)CC1. The second kappa shape index (κ2) is 6.16. The van der Waals surface area contributed by atoms with Crippen molar-refractivity contribution in [3.63, 3.8) is 0 Å². The van der Waals surface area contributed by atoms with Crippen LogP contribution in [-0.2, 0) is 6.54 Å². The number of aromatic nitrogens is 2. The molecule has 106 valence electrons. The zero-order chi connectivity index (χ0) is 13.8. The van der Waals surface area contributed by atoms with Gasteiger partial charge < -0.3 is 15.2 Å². The molecule has 1 aromatic heterocycles. The van der Waals surface area contributed by atoms with Gasteiger partial charge in [0.05, 0.1) is 6.33 Å². The van der Waals surface area contributed by atoms with Gasteiger partial charge in [-0.15, -0.1) is 0 Å². The molecule has 1 saturated heterocycles. The molecule has 2 N–H and O–H groups in total. The molecule has 0 radical (unpaired) electrons. The van der Waals surface area contributed by atoms with E-state index in [-0.39, 0.29) is 5.91 Å². The molecular formula is C13H23N5O. The van der Waals surface area contributed by atoms with Crippen LogP contribution >= 0.6 is 0 Å². The van der Waals surface area contributed by atoms with E-state index in [9.17, 15) is 4.79 Å². The summed E-state index contributed by atoms with van der Waals surface area (Å²) in [5.74, 6) is 0.0270. The van der Waals surface area contributed by atoms with Gasteiger partial charge in [-0.1, -0.05) is 0 Å². The predicted molar refractivity (Wildman–Crippen MR) is 73.9 cm³/mol. The van der Waals surface area contributed by atoms with Gasteiger partial charge in [0.15, 0.2) is 0 Å². The largest absolute Gasteiger partial charge is 0.335 e. The Hall–Kier alpha value is -1.40. The van der Waals surface area contributed by atoms with Crippen molar-refractivity contribution in [3.8, 4) is 0 Å². The van der Waals surface area contributed by atoms with Crippen molar-refractivity contribution in [2.75, 3.05) is 32.7 Å². The van der Waals surface area contributed by atoms with Crippen LogP contribution in [0.2, 0.25) is 0 Å². The number of nitrogens with zero attached hydrogens (tertiary/aromatic N) is 4. The Labute approximate surface area is 114 Å². The summed E-state index contributed by atoms with van der Waals surface area (Å²) in [5, 5.41) is 0. The Balaban J connectivity index is 1.93. The average Bonchev–Trinajstić information content (AvgIpc) is 2.87. The van der Waals surface area contributed by atoms with Crippen LogP contribution in [0.4, 0.5) is 0 Å².